The Kier molecular flexibility index (Phi) is 5.68. The van der Waals surface area contributed by atoms with Crippen molar-refractivity contribution in [2.24, 2.45) is 11.3 Å². The minimum absolute atomic E-state index is 0.568. The number of hydrogen-bond donors (Lipinski definition) is 1. The lowest BCUT2D eigenvalue weighted by molar-refractivity contribution is 0.223. The van der Waals surface area contributed by atoms with Gasteiger partial charge in [-0.15, -0.1) is 0 Å². The first-order valence-corrected chi connectivity index (χ1v) is 8.76. The van der Waals surface area contributed by atoms with Gasteiger partial charge in [0.2, 0.25) is 0 Å². The molecule has 1 aliphatic rings. The molecule has 2 rings (SSSR count). The molecule has 112 valence electrons. The molecule has 1 aliphatic carbocycles. The summed E-state index contributed by atoms with van der Waals surface area (Å²) in [6.07, 6.45) is 7.05. The van der Waals surface area contributed by atoms with E-state index in [0.717, 1.165) is 12.5 Å². The summed E-state index contributed by atoms with van der Waals surface area (Å²) in [5, 5.41) is 3.72. The monoisotopic (exact) mass is 337 g/mol. The number of hydrogen-bond acceptors (Lipinski definition) is 1. The number of aryl methyl sites for hydroxylation is 1. The highest BCUT2D eigenvalue weighted by molar-refractivity contribution is 9.10. The quantitative estimate of drug-likeness (QED) is 0.727. The molecule has 0 spiro atoms. The second-order valence-electron chi connectivity index (χ2n) is 6.99. The lowest BCUT2D eigenvalue weighted by atomic mass is 9.78. The molecule has 2 heteroatoms. The summed E-state index contributed by atoms with van der Waals surface area (Å²) in [4.78, 5) is 0. The normalized spacial score (nSPS) is 17.9. The molecular weight excluding hydrogens is 310 g/mol. The van der Waals surface area contributed by atoms with Crippen molar-refractivity contribution in [1.29, 1.82) is 0 Å². The van der Waals surface area contributed by atoms with Gasteiger partial charge in [0, 0.05) is 17.6 Å². The standard InChI is InChI=1S/C18H28BrN/c1-14(2)11-18(8-4-5-9-18)13-20-12-16-6-7-17(19)15(3)10-16/h6-7,10,14,20H,4-5,8-9,11-13H2,1-3H3. The van der Waals surface area contributed by atoms with Gasteiger partial charge in [0.15, 0.2) is 0 Å². The van der Waals surface area contributed by atoms with E-state index in [1.54, 1.807) is 0 Å². The van der Waals surface area contributed by atoms with Crippen molar-refractivity contribution >= 4 is 15.9 Å². The van der Waals surface area contributed by atoms with Gasteiger partial charge in [0.1, 0.15) is 0 Å². The molecule has 1 saturated carbocycles. The number of rotatable bonds is 6. The Morgan fingerprint density at radius 1 is 1.25 bits per heavy atom. The third-order valence-electron chi connectivity index (χ3n) is 4.56. The predicted octanol–water partition coefficient (Wildman–Crippen LogP) is 5.45. The van der Waals surface area contributed by atoms with Crippen LogP contribution in [0.2, 0.25) is 0 Å². The molecule has 1 aromatic rings. The van der Waals surface area contributed by atoms with Gasteiger partial charge < -0.3 is 5.32 Å². The maximum atomic E-state index is 3.72. The van der Waals surface area contributed by atoms with Crippen LogP contribution in [-0.2, 0) is 6.54 Å². The molecule has 1 fully saturated rings. The van der Waals surface area contributed by atoms with Crippen molar-refractivity contribution in [2.45, 2.75) is 59.4 Å². The van der Waals surface area contributed by atoms with E-state index in [0.29, 0.717) is 5.41 Å². The van der Waals surface area contributed by atoms with E-state index in [4.69, 9.17) is 0 Å². The van der Waals surface area contributed by atoms with Crippen molar-refractivity contribution in [3.05, 3.63) is 33.8 Å². The van der Waals surface area contributed by atoms with Gasteiger partial charge in [0.25, 0.3) is 0 Å². The summed E-state index contributed by atoms with van der Waals surface area (Å²) >= 11 is 3.57. The van der Waals surface area contributed by atoms with E-state index >= 15 is 0 Å². The minimum Gasteiger partial charge on any atom is -0.312 e. The molecule has 1 aromatic carbocycles. The predicted molar refractivity (Wildman–Crippen MR) is 90.9 cm³/mol. The minimum atomic E-state index is 0.568. The Morgan fingerprint density at radius 2 is 1.95 bits per heavy atom. The van der Waals surface area contributed by atoms with Crippen LogP contribution >= 0.6 is 15.9 Å². The number of halogens is 1. The summed E-state index contributed by atoms with van der Waals surface area (Å²) in [6, 6.07) is 6.65. The fraction of sp³-hybridized carbons (Fsp3) is 0.667. The average molecular weight is 338 g/mol. The maximum absolute atomic E-state index is 3.72. The molecule has 0 amide bonds. The fourth-order valence-corrected chi connectivity index (χ4v) is 3.98. The van der Waals surface area contributed by atoms with Gasteiger partial charge in [-0.25, -0.2) is 0 Å². The lowest BCUT2D eigenvalue weighted by Crippen LogP contribution is -2.33. The van der Waals surface area contributed by atoms with Crippen LogP contribution < -0.4 is 5.32 Å². The summed E-state index contributed by atoms with van der Waals surface area (Å²) in [6.45, 7) is 9.05. The molecule has 0 aliphatic heterocycles. The Hall–Kier alpha value is -0.340. The van der Waals surface area contributed by atoms with Crippen LogP contribution in [0, 0.1) is 18.3 Å². The van der Waals surface area contributed by atoms with Crippen LogP contribution in [0.3, 0.4) is 0 Å². The van der Waals surface area contributed by atoms with Crippen LogP contribution in [0.15, 0.2) is 22.7 Å². The van der Waals surface area contributed by atoms with Crippen LogP contribution in [0.1, 0.15) is 57.1 Å². The highest BCUT2D eigenvalue weighted by Crippen LogP contribution is 2.42. The number of nitrogens with one attached hydrogen (secondary N) is 1. The second-order valence-corrected chi connectivity index (χ2v) is 7.85. The molecule has 0 bridgehead atoms. The van der Waals surface area contributed by atoms with E-state index in [1.807, 2.05) is 0 Å². The molecular formula is C18H28BrN. The molecule has 0 unspecified atom stereocenters. The molecule has 0 saturated heterocycles. The molecule has 1 nitrogen and oxygen atoms in total. The maximum Gasteiger partial charge on any atom is 0.0205 e. The highest BCUT2D eigenvalue weighted by atomic mass is 79.9. The van der Waals surface area contributed by atoms with Crippen molar-refractivity contribution < 1.29 is 0 Å². The first-order chi connectivity index (χ1) is 9.51. The largest absolute Gasteiger partial charge is 0.312 e. The highest BCUT2D eigenvalue weighted by Gasteiger charge is 2.33. The van der Waals surface area contributed by atoms with E-state index < -0.39 is 0 Å². The zero-order chi connectivity index (χ0) is 14.6. The summed E-state index contributed by atoms with van der Waals surface area (Å²) in [5.74, 6) is 0.810. The topological polar surface area (TPSA) is 12.0 Å². The van der Waals surface area contributed by atoms with Gasteiger partial charge in [0.05, 0.1) is 0 Å². The van der Waals surface area contributed by atoms with Crippen molar-refractivity contribution in [3.8, 4) is 0 Å². The first-order valence-electron chi connectivity index (χ1n) is 7.96. The molecule has 20 heavy (non-hydrogen) atoms. The van der Waals surface area contributed by atoms with E-state index in [-0.39, 0.29) is 0 Å². The molecule has 0 heterocycles. The van der Waals surface area contributed by atoms with Gasteiger partial charge in [-0.2, -0.15) is 0 Å². The van der Waals surface area contributed by atoms with Crippen molar-refractivity contribution in [2.75, 3.05) is 6.54 Å². The summed E-state index contributed by atoms with van der Waals surface area (Å²) in [5.41, 5.74) is 3.28. The lowest BCUT2D eigenvalue weighted by Gasteiger charge is -2.31. The average Bonchev–Trinajstić information content (AvgIpc) is 2.81. The first kappa shape index (κ1) is 16.0. The van der Waals surface area contributed by atoms with Gasteiger partial charge in [-0.3, -0.25) is 0 Å². The molecule has 0 aromatic heterocycles. The van der Waals surface area contributed by atoms with Gasteiger partial charge in [-0.1, -0.05) is 54.8 Å². The zero-order valence-corrected chi connectivity index (χ0v) is 14.7. The van der Waals surface area contributed by atoms with Crippen molar-refractivity contribution in [3.63, 3.8) is 0 Å². The van der Waals surface area contributed by atoms with Gasteiger partial charge in [-0.05, 0) is 54.7 Å². The summed E-state index contributed by atoms with van der Waals surface area (Å²) < 4.78 is 1.20. The Labute approximate surface area is 132 Å². The fourth-order valence-electron chi connectivity index (χ4n) is 3.73. The van der Waals surface area contributed by atoms with Crippen LogP contribution in [0.5, 0.6) is 0 Å². The molecule has 0 radical (unpaired) electrons. The van der Waals surface area contributed by atoms with Crippen molar-refractivity contribution in [1.82, 2.24) is 5.32 Å². The third-order valence-corrected chi connectivity index (χ3v) is 5.45. The zero-order valence-electron chi connectivity index (χ0n) is 13.1. The van der Waals surface area contributed by atoms with E-state index in [2.05, 4.69) is 60.2 Å². The van der Waals surface area contributed by atoms with E-state index in [1.165, 1.54) is 54.2 Å². The van der Waals surface area contributed by atoms with Crippen LogP contribution in [-0.4, -0.2) is 6.54 Å². The third kappa shape index (κ3) is 4.33. The Bertz CT molecular complexity index is 433. The smallest absolute Gasteiger partial charge is 0.0205 e. The molecule has 1 N–H and O–H groups in total. The second kappa shape index (κ2) is 7.09. The van der Waals surface area contributed by atoms with Crippen LogP contribution in [0.25, 0.3) is 0 Å². The van der Waals surface area contributed by atoms with Crippen LogP contribution in [0.4, 0.5) is 0 Å². The Morgan fingerprint density at radius 3 is 2.55 bits per heavy atom. The number of benzene rings is 1. The van der Waals surface area contributed by atoms with E-state index in [9.17, 15) is 0 Å². The Balaban J connectivity index is 1.88. The SMILES string of the molecule is Cc1cc(CNCC2(CC(C)C)CCCC2)ccc1Br. The molecule has 0 atom stereocenters. The summed E-state index contributed by atoms with van der Waals surface area (Å²) in [7, 11) is 0. The van der Waals surface area contributed by atoms with Gasteiger partial charge >= 0.3 is 0 Å².